The van der Waals surface area contributed by atoms with Crippen molar-refractivity contribution in [2.75, 3.05) is 4.90 Å². The number of pyridine rings is 1. The van der Waals surface area contributed by atoms with Gasteiger partial charge >= 0.3 is 0 Å². The van der Waals surface area contributed by atoms with Crippen LogP contribution in [0.3, 0.4) is 0 Å². The maximum Gasteiger partial charge on any atom is 0.264 e. The maximum absolute atomic E-state index is 12.8. The molecule has 102 valence electrons. The van der Waals surface area contributed by atoms with E-state index in [0.717, 1.165) is 17.7 Å². The number of hydrogen-bond donors (Lipinski definition) is 1. The lowest BCUT2D eigenvalue weighted by atomic mass is 10.1. The van der Waals surface area contributed by atoms with Crippen LogP contribution in [0.25, 0.3) is 0 Å². The summed E-state index contributed by atoms with van der Waals surface area (Å²) in [6.45, 7) is 3.79. The lowest BCUT2D eigenvalue weighted by molar-refractivity contribution is 0.0979. The second-order valence-electron chi connectivity index (χ2n) is 5.22. The lowest BCUT2D eigenvalue weighted by Crippen LogP contribution is -2.39. The number of rotatable bonds is 1. The smallest absolute Gasteiger partial charge is 0.264 e. The molecule has 4 nitrogen and oxygen atoms in total. The van der Waals surface area contributed by atoms with E-state index in [-0.39, 0.29) is 23.1 Å². The molecular formula is C16H16N2O2. The number of nitrogens with one attached hydrogen (secondary N) is 1. The van der Waals surface area contributed by atoms with Gasteiger partial charge in [0.1, 0.15) is 5.56 Å². The number of anilines is 1. The summed E-state index contributed by atoms with van der Waals surface area (Å²) in [4.78, 5) is 29.0. The summed E-state index contributed by atoms with van der Waals surface area (Å²) >= 11 is 0. The second kappa shape index (κ2) is 4.63. The molecule has 1 aromatic carbocycles. The van der Waals surface area contributed by atoms with Gasteiger partial charge in [-0.1, -0.05) is 18.2 Å². The van der Waals surface area contributed by atoms with Gasteiger partial charge < -0.3 is 9.88 Å². The zero-order valence-corrected chi connectivity index (χ0v) is 11.5. The molecule has 0 saturated carbocycles. The van der Waals surface area contributed by atoms with Gasteiger partial charge in [0.25, 0.3) is 11.5 Å². The molecule has 1 N–H and O–H groups in total. The van der Waals surface area contributed by atoms with Crippen LogP contribution in [0.4, 0.5) is 5.69 Å². The van der Waals surface area contributed by atoms with Crippen LogP contribution in [0.1, 0.15) is 28.4 Å². The maximum atomic E-state index is 12.8. The molecule has 0 radical (unpaired) electrons. The first-order valence-electron chi connectivity index (χ1n) is 6.69. The van der Waals surface area contributed by atoms with Crippen LogP contribution in [-0.4, -0.2) is 16.9 Å². The monoisotopic (exact) mass is 268 g/mol. The largest absolute Gasteiger partial charge is 0.328 e. The summed E-state index contributed by atoms with van der Waals surface area (Å²) in [5, 5.41) is 0. The first kappa shape index (κ1) is 12.7. The van der Waals surface area contributed by atoms with Crippen LogP contribution in [0.5, 0.6) is 0 Å². The number of para-hydroxylation sites is 1. The molecule has 1 amide bonds. The SMILES string of the molecule is Cc1cc[nH]c(=O)c1C(=O)N1c2ccccc2CC1C. The molecule has 0 aliphatic carbocycles. The Morgan fingerprint density at radius 2 is 2.05 bits per heavy atom. The molecular weight excluding hydrogens is 252 g/mol. The molecule has 2 heterocycles. The normalized spacial score (nSPS) is 17.1. The number of nitrogens with zero attached hydrogens (tertiary/aromatic N) is 1. The summed E-state index contributed by atoms with van der Waals surface area (Å²) < 4.78 is 0. The van der Waals surface area contributed by atoms with E-state index in [0.29, 0.717) is 5.56 Å². The van der Waals surface area contributed by atoms with Gasteiger partial charge in [-0.2, -0.15) is 0 Å². The van der Waals surface area contributed by atoms with Crippen molar-refractivity contribution in [3.63, 3.8) is 0 Å². The third-order valence-corrected chi connectivity index (χ3v) is 3.81. The summed E-state index contributed by atoms with van der Waals surface area (Å²) in [5.74, 6) is -0.221. The van der Waals surface area contributed by atoms with Gasteiger partial charge in [0, 0.05) is 17.9 Å². The van der Waals surface area contributed by atoms with Gasteiger partial charge in [0.2, 0.25) is 0 Å². The van der Waals surface area contributed by atoms with Crippen molar-refractivity contribution in [2.45, 2.75) is 26.3 Å². The van der Waals surface area contributed by atoms with E-state index in [1.54, 1.807) is 24.1 Å². The average Bonchev–Trinajstić information content (AvgIpc) is 2.74. The number of benzene rings is 1. The van der Waals surface area contributed by atoms with Gasteiger partial charge in [0.15, 0.2) is 0 Å². The number of fused-ring (bicyclic) bond motifs is 1. The van der Waals surface area contributed by atoms with Gasteiger partial charge in [-0.25, -0.2) is 0 Å². The minimum absolute atomic E-state index is 0.0684. The predicted molar refractivity (Wildman–Crippen MR) is 78.2 cm³/mol. The van der Waals surface area contributed by atoms with E-state index >= 15 is 0 Å². The fraction of sp³-hybridized carbons (Fsp3) is 0.250. The van der Waals surface area contributed by atoms with E-state index in [2.05, 4.69) is 4.98 Å². The molecule has 1 aliphatic rings. The van der Waals surface area contributed by atoms with Crippen LogP contribution in [0.2, 0.25) is 0 Å². The van der Waals surface area contributed by atoms with Crippen molar-refractivity contribution < 1.29 is 4.79 Å². The molecule has 0 spiro atoms. The number of hydrogen-bond acceptors (Lipinski definition) is 2. The first-order valence-corrected chi connectivity index (χ1v) is 6.69. The predicted octanol–water partition coefficient (Wildman–Crippen LogP) is 2.27. The highest BCUT2D eigenvalue weighted by Crippen LogP contribution is 2.32. The highest BCUT2D eigenvalue weighted by atomic mass is 16.2. The highest BCUT2D eigenvalue weighted by molar-refractivity contribution is 6.08. The third-order valence-electron chi connectivity index (χ3n) is 3.81. The molecule has 1 atom stereocenters. The fourth-order valence-electron chi connectivity index (χ4n) is 2.84. The number of aromatic amines is 1. The number of H-pyrrole nitrogens is 1. The van der Waals surface area contributed by atoms with Crippen LogP contribution in [-0.2, 0) is 6.42 Å². The Balaban J connectivity index is 2.10. The zero-order chi connectivity index (χ0) is 14.3. The molecule has 0 bridgehead atoms. The number of carbonyl (C=O) groups excluding carboxylic acids is 1. The van der Waals surface area contributed by atoms with E-state index in [1.807, 2.05) is 31.2 Å². The van der Waals surface area contributed by atoms with Gasteiger partial charge in [-0.3, -0.25) is 9.59 Å². The number of aryl methyl sites for hydroxylation is 1. The fourth-order valence-corrected chi connectivity index (χ4v) is 2.84. The zero-order valence-electron chi connectivity index (χ0n) is 11.5. The van der Waals surface area contributed by atoms with Crippen molar-refractivity contribution in [1.82, 2.24) is 4.98 Å². The summed E-state index contributed by atoms with van der Waals surface area (Å²) in [6.07, 6.45) is 2.39. The van der Waals surface area contributed by atoms with Crippen LogP contribution in [0, 0.1) is 6.92 Å². The third kappa shape index (κ3) is 1.84. The van der Waals surface area contributed by atoms with E-state index in [9.17, 15) is 9.59 Å². The molecule has 4 heteroatoms. The quantitative estimate of drug-likeness (QED) is 0.862. The highest BCUT2D eigenvalue weighted by Gasteiger charge is 2.32. The van der Waals surface area contributed by atoms with E-state index in [4.69, 9.17) is 0 Å². The van der Waals surface area contributed by atoms with E-state index < -0.39 is 0 Å². The van der Waals surface area contributed by atoms with Crippen molar-refractivity contribution in [1.29, 1.82) is 0 Å². The molecule has 2 aromatic rings. The van der Waals surface area contributed by atoms with Crippen LogP contribution >= 0.6 is 0 Å². The van der Waals surface area contributed by atoms with Crippen molar-refractivity contribution in [3.8, 4) is 0 Å². The number of amides is 1. The molecule has 3 rings (SSSR count). The van der Waals surface area contributed by atoms with Gasteiger partial charge in [0.05, 0.1) is 0 Å². The van der Waals surface area contributed by atoms with E-state index in [1.165, 1.54) is 0 Å². The Morgan fingerprint density at radius 3 is 2.80 bits per heavy atom. The molecule has 0 saturated heterocycles. The standard InChI is InChI=1S/C16H16N2O2/c1-10-7-8-17-15(19)14(10)16(20)18-11(2)9-12-5-3-4-6-13(12)18/h3-8,11H,9H2,1-2H3,(H,17,19). The molecule has 20 heavy (non-hydrogen) atoms. The number of aromatic nitrogens is 1. The molecule has 1 aromatic heterocycles. The Labute approximate surface area is 117 Å². The molecule has 1 unspecified atom stereocenters. The van der Waals surface area contributed by atoms with Gasteiger partial charge in [-0.15, -0.1) is 0 Å². The first-order chi connectivity index (χ1) is 9.59. The minimum Gasteiger partial charge on any atom is -0.328 e. The Morgan fingerprint density at radius 1 is 1.30 bits per heavy atom. The average molecular weight is 268 g/mol. The summed E-state index contributed by atoms with van der Waals surface area (Å²) in [5.41, 5.74) is 2.67. The molecule has 0 fully saturated rings. The van der Waals surface area contributed by atoms with Crippen molar-refractivity contribution >= 4 is 11.6 Å². The minimum atomic E-state index is -0.327. The number of carbonyl (C=O) groups is 1. The summed E-state index contributed by atoms with van der Waals surface area (Å²) in [6, 6.07) is 9.67. The Bertz CT molecular complexity index is 733. The Hall–Kier alpha value is -2.36. The lowest BCUT2D eigenvalue weighted by Gasteiger charge is -2.23. The summed E-state index contributed by atoms with van der Waals surface area (Å²) in [7, 11) is 0. The molecule has 1 aliphatic heterocycles. The van der Waals surface area contributed by atoms with Crippen molar-refractivity contribution in [2.24, 2.45) is 0 Å². The van der Waals surface area contributed by atoms with Gasteiger partial charge in [-0.05, 0) is 43.5 Å². The Kier molecular flexibility index (Phi) is 2.93. The van der Waals surface area contributed by atoms with Crippen molar-refractivity contribution in [3.05, 3.63) is 63.6 Å². The van der Waals surface area contributed by atoms with Crippen LogP contribution < -0.4 is 10.5 Å². The topological polar surface area (TPSA) is 53.2 Å². The van der Waals surface area contributed by atoms with Crippen LogP contribution in [0.15, 0.2) is 41.3 Å². The second-order valence-corrected chi connectivity index (χ2v) is 5.22.